The zero-order valence-electron chi connectivity index (χ0n) is 17.2. The van der Waals surface area contributed by atoms with Crippen LogP contribution < -0.4 is 4.72 Å². The summed E-state index contributed by atoms with van der Waals surface area (Å²) in [5, 5.41) is 4.44. The summed E-state index contributed by atoms with van der Waals surface area (Å²) in [6.07, 6.45) is 2.77. The summed E-state index contributed by atoms with van der Waals surface area (Å²) < 4.78 is 29.7. The van der Waals surface area contributed by atoms with E-state index >= 15 is 0 Å². The van der Waals surface area contributed by atoms with E-state index in [-0.39, 0.29) is 16.6 Å². The van der Waals surface area contributed by atoms with Crippen LogP contribution in [-0.4, -0.2) is 24.0 Å². The fraction of sp³-hybridized carbons (Fsp3) is 0.120. The monoisotopic (exact) mass is 443 g/mol. The van der Waals surface area contributed by atoms with E-state index in [1.54, 1.807) is 59.4 Å². The smallest absolute Gasteiger partial charge is 0.261 e. The van der Waals surface area contributed by atoms with Crippen LogP contribution in [0.4, 0.5) is 5.69 Å². The summed E-state index contributed by atoms with van der Waals surface area (Å²) in [5.41, 5.74) is 3.84. The second-order valence-electron chi connectivity index (χ2n) is 7.82. The molecule has 160 valence electrons. The lowest BCUT2D eigenvalue weighted by molar-refractivity contribution is 0.0963. The first-order valence-corrected chi connectivity index (χ1v) is 11.8. The van der Waals surface area contributed by atoms with Crippen LogP contribution >= 0.6 is 0 Å². The van der Waals surface area contributed by atoms with E-state index in [2.05, 4.69) is 9.82 Å². The van der Waals surface area contributed by atoms with Crippen LogP contribution in [-0.2, 0) is 16.4 Å². The minimum atomic E-state index is -3.70. The van der Waals surface area contributed by atoms with Gasteiger partial charge in [0.05, 0.1) is 28.0 Å². The predicted molar refractivity (Wildman–Crippen MR) is 123 cm³/mol. The number of nitrogens with one attached hydrogen (secondary N) is 1. The highest BCUT2D eigenvalue weighted by Crippen LogP contribution is 2.33. The van der Waals surface area contributed by atoms with Gasteiger partial charge in [-0.25, -0.2) is 13.1 Å². The molecule has 1 heterocycles. The molecule has 0 saturated heterocycles. The van der Waals surface area contributed by atoms with Gasteiger partial charge in [-0.2, -0.15) is 5.10 Å². The number of sulfonamides is 1. The number of para-hydroxylation sites is 1. The van der Waals surface area contributed by atoms with Crippen molar-refractivity contribution in [2.45, 2.75) is 23.7 Å². The van der Waals surface area contributed by atoms with Crippen LogP contribution in [0.15, 0.2) is 96.0 Å². The second kappa shape index (κ2) is 8.09. The minimum absolute atomic E-state index is 0.0811. The fourth-order valence-corrected chi connectivity index (χ4v) is 5.17. The number of carbonyl (C=O) groups excluding carboxylic acids is 1. The number of rotatable bonds is 5. The molecule has 32 heavy (non-hydrogen) atoms. The van der Waals surface area contributed by atoms with Crippen LogP contribution in [0.5, 0.6) is 0 Å². The van der Waals surface area contributed by atoms with Gasteiger partial charge in [-0.05, 0) is 54.3 Å². The van der Waals surface area contributed by atoms with Crippen molar-refractivity contribution in [3.8, 4) is 5.69 Å². The van der Waals surface area contributed by atoms with Crippen molar-refractivity contribution in [2.24, 2.45) is 0 Å². The second-order valence-corrected chi connectivity index (χ2v) is 9.50. The van der Waals surface area contributed by atoms with Crippen LogP contribution in [0.3, 0.4) is 0 Å². The van der Waals surface area contributed by atoms with E-state index in [0.29, 0.717) is 29.8 Å². The third kappa shape index (κ3) is 3.83. The number of hydrogen-bond donors (Lipinski definition) is 1. The normalized spacial score (nSPS) is 15.9. The lowest BCUT2D eigenvalue weighted by Crippen LogP contribution is -2.20. The average Bonchev–Trinajstić information content (AvgIpc) is 3.25. The Morgan fingerprint density at radius 2 is 1.50 bits per heavy atom. The number of anilines is 1. The Morgan fingerprint density at radius 3 is 2.19 bits per heavy atom. The number of benzene rings is 3. The van der Waals surface area contributed by atoms with Crippen molar-refractivity contribution in [2.75, 3.05) is 4.72 Å². The number of fused-ring (bicyclic) bond motifs is 1. The van der Waals surface area contributed by atoms with Crippen LogP contribution in [0, 0.1) is 0 Å². The topological polar surface area (TPSA) is 81.1 Å². The van der Waals surface area contributed by atoms with Gasteiger partial charge >= 0.3 is 0 Å². The van der Waals surface area contributed by atoms with E-state index < -0.39 is 10.0 Å². The molecule has 1 N–H and O–H groups in total. The molecule has 3 aromatic carbocycles. The van der Waals surface area contributed by atoms with Crippen molar-refractivity contribution >= 4 is 21.5 Å². The van der Waals surface area contributed by atoms with Crippen molar-refractivity contribution in [1.82, 2.24) is 9.78 Å². The summed E-state index contributed by atoms with van der Waals surface area (Å²) >= 11 is 0. The molecule has 1 aliphatic carbocycles. The molecule has 1 aliphatic rings. The van der Waals surface area contributed by atoms with Gasteiger partial charge in [0.2, 0.25) is 0 Å². The largest absolute Gasteiger partial charge is 0.294 e. The summed E-state index contributed by atoms with van der Waals surface area (Å²) in [6, 6.07) is 25.3. The van der Waals surface area contributed by atoms with Gasteiger partial charge in [0, 0.05) is 12.1 Å². The van der Waals surface area contributed by atoms with Gasteiger partial charge < -0.3 is 0 Å². The molecule has 0 bridgehead atoms. The number of aromatic nitrogens is 2. The molecule has 0 spiro atoms. The molecule has 5 rings (SSSR count). The Bertz CT molecular complexity index is 1360. The zero-order valence-corrected chi connectivity index (χ0v) is 18.0. The Hall–Kier alpha value is -3.71. The summed E-state index contributed by atoms with van der Waals surface area (Å²) in [4.78, 5) is 12.9. The number of Topliss-reactive ketones (excluding diaryl/α,β-unsaturated/α-hetero) is 1. The van der Waals surface area contributed by atoms with Crippen LogP contribution in [0.1, 0.15) is 34.0 Å². The van der Waals surface area contributed by atoms with E-state index in [0.717, 1.165) is 11.3 Å². The third-order valence-electron chi connectivity index (χ3n) is 5.73. The number of carbonyl (C=O) groups is 1. The van der Waals surface area contributed by atoms with Gasteiger partial charge in [0.25, 0.3) is 10.0 Å². The van der Waals surface area contributed by atoms with Gasteiger partial charge in [0.15, 0.2) is 5.78 Å². The number of ketones is 1. The first kappa shape index (κ1) is 20.2. The highest BCUT2D eigenvalue weighted by molar-refractivity contribution is 7.92. The molecule has 4 aromatic rings. The zero-order chi connectivity index (χ0) is 22.1. The van der Waals surface area contributed by atoms with Crippen molar-refractivity contribution in [3.63, 3.8) is 0 Å². The molecule has 0 aliphatic heterocycles. The lowest BCUT2D eigenvalue weighted by Gasteiger charge is -2.23. The van der Waals surface area contributed by atoms with E-state index in [1.165, 1.54) is 0 Å². The van der Waals surface area contributed by atoms with Crippen molar-refractivity contribution in [3.05, 3.63) is 108 Å². The first-order chi connectivity index (χ1) is 15.5. The third-order valence-corrected chi connectivity index (χ3v) is 7.13. The molecule has 1 unspecified atom stereocenters. The summed E-state index contributed by atoms with van der Waals surface area (Å²) in [6.45, 7) is 0. The van der Waals surface area contributed by atoms with Gasteiger partial charge in [-0.15, -0.1) is 0 Å². The Balaban J connectivity index is 1.43. The molecule has 6 nitrogen and oxygen atoms in total. The molecule has 1 aromatic heterocycles. The molecular formula is C25H21N3O3S. The molecular weight excluding hydrogens is 422 g/mol. The Morgan fingerprint density at radius 1 is 0.844 bits per heavy atom. The van der Waals surface area contributed by atoms with E-state index in [1.807, 2.05) is 36.4 Å². The Labute approximate surface area is 186 Å². The van der Waals surface area contributed by atoms with Gasteiger partial charge in [-0.1, -0.05) is 48.5 Å². The van der Waals surface area contributed by atoms with Gasteiger partial charge in [0.1, 0.15) is 0 Å². The fourth-order valence-electron chi connectivity index (χ4n) is 4.11. The molecule has 1 atom stereocenters. The summed E-state index contributed by atoms with van der Waals surface area (Å²) in [5.74, 6) is 0.180. The van der Waals surface area contributed by atoms with Crippen molar-refractivity contribution < 1.29 is 13.2 Å². The molecule has 0 amide bonds. The minimum Gasteiger partial charge on any atom is -0.294 e. The molecule has 0 fully saturated rings. The van der Waals surface area contributed by atoms with Crippen LogP contribution in [0.2, 0.25) is 0 Å². The summed E-state index contributed by atoms with van der Waals surface area (Å²) in [7, 11) is -3.70. The first-order valence-electron chi connectivity index (χ1n) is 10.3. The van der Waals surface area contributed by atoms with E-state index in [4.69, 9.17) is 0 Å². The van der Waals surface area contributed by atoms with Crippen LogP contribution in [0.25, 0.3) is 5.69 Å². The Kier molecular flexibility index (Phi) is 5.11. The maximum Gasteiger partial charge on any atom is 0.261 e. The number of nitrogens with zero attached hydrogens (tertiary/aromatic N) is 2. The van der Waals surface area contributed by atoms with Gasteiger partial charge in [-0.3, -0.25) is 9.52 Å². The van der Waals surface area contributed by atoms with Crippen molar-refractivity contribution in [1.29, 1.82) is 0 Å². The average molecular weight is 444 g/mol. The maximum atomic E-state index is 12.7. The highest BCUT2D eigenvalue weighted by Gasteiger charge is 2.30. The van der Waals surface area contributed by atoms with E-state index in [9.17, 15) is 13.2 Å². The predicted octanol–water partition coefficient (Wildman–Crippen LogP) is 4.59. The quantitative estimate of drug-likeness (QED) is 0.489. The molecule has 7 heteroatoms. The standard InChI is InChI=1S/C25H21N3O3S/c29-25-16-19(18-7-3-1-4-8-18)15-24-23(25)17-26-28(24)21-11-13-22(14-12-21)32(30,31)27-20-9-5-2-6-10-20/h1-14,17,19,27H,15-16H2. The number of hydrogen-bond acceptors (Lipinski definition) is 4. The maximum absolute atomic E-state index is 12.7. The SMILES string of the molecule is O=C1CC(c2ccccc2)Cc2c1cnn2-c1ccc(S(=O)(=O)Nc2ccccc2)cc1. The molecule has 0 saturated carbocycles. The lowest BCUT2D eigenvalue weighted by atomic mass is 9.82. The molecule has 0 radical (unpaired) electrons. The highest BCUT2D eigenvalue weighted by atomic mass is 32.2.